The van der Waals surface area contributed by atoms with Crippen LogP contribution in [-0.2, 0) is 9.47 Å². The fourth-order valence-corrected chi connectivity index (χ4v) is 4.69. The molecule has 1 N–H and O–H groups in total. The van der Waals surface area contributed by atoms with Crippen LogP contribution >= 0.6 is 0 Å². The summed E-state index contributed by atoms with van der Waals surface area (Å²) < 4.78 is 12.3. The van der Waals surface area contributed by atoms with Crippen LogP contribution in [-0.4, -0.2) is 38.5 Å². The normalized spacial score (nSPS) is 18.5. The van der Waals surface area contributed by atoms with Crippen LogP contribution in [0.2, 0.25) is 0 Å². The van der Waals surface area contributed by atoms with Crippen molar-refractivity contribution in [1.82, 2.24) is 5.32 Å². The van der Waals surface area contributed by atoms with Crippen molar-refractivity contribution in [2.24, 2.45) is 0 Å². The summed E-state index contributed by atoms with van der Waals surface area (Å²) >= 11 is 0. The molecule has 0 aromatic heterocycles. The maximum absolute atomic E-state index is 6.17. The van der Waals surface area contributed by atoms with E-state index in [9.17, 15) is 0 Å². The second-order valence-corrected chi connectivity index (χ2v) is 10.5. The van der Waals surface area contributed by atoms with Gasteiger partial charge in [0, 0.05) is 26.3 Å². The molecule has 3 nitrogen and oxygen atoms in total. The van der Waals surface area contributed by atoms with Crippen molar-refractivity contribution in [3.8, 4) is 0 Å². The van der Waals surface area contributed by atoms with Gasteiger partial charge in [-0.1, -0.05) is 115 Å². The van der Waals surface area contributed by atoms with E-state index >= 15 is 0 Å². The van der Waals surface area contributed by atoms with E-state index in [1.807, 2.05) is 0 Å². The van der Waals surface area contributed by atoms with E-state index in [-0.39, 0.29) is 12.2 Å². The first-order valence-corrected chi connectivity index (χ1v) is 15.6. The molecule has 1 fully saturated rings. The summed E-state index contributed by atoms with van der Waals surface area (Å²) in [6.45, 7) is 8.19. The molecule has 2 atom stereocenters. The first kappa shape index (κ1) is 32.4. The number of ether oxygens (including phenoxy) is 2. The lowest BCUT2D eigenvalue weighted by atomic mass is 10.1. The van der Waals surface area contributed by atoms with Crippen molar-refractivity contribution in [1.29, 1.82) is 0 Å². The van der Waals surface area contributed by atoms with Gasteiger partial charge in [-0.2, -0.15) is 0 Å². The molecule has 0 aromatic rings. The van der Waals surface area contributed by atoms with E-state index in [0.29, 0.717) is 0 Å². The van der Waals surface area contributed by atoms with Crippen LogP contribution in [0.5, 0.6) is 0 Å². The summed E-state index contributed by atoms with van der Waals surface area (Å²) in [6, 6.07) is 0. The van der Waals surface area contributed by atoms with E-state index in [1.165, 1.54) is 128 Å². The minimum absolute atomic E-state index is 0.250. The standard InChI is InChI=1S/C32H61NO2/c1-3-5-7-9-11-13-15-17-19-21-23-25-27-34-31-29-33-30-32(31)35-28-26-24-22-20-18-16-14-12-10-8-6-4-2/h9-12,31-33H,3-8,13-30H2,1-2H3/b11-9-,12-10-/t31-,32-/m1/s1. The summed E-state index contributed by atoms with van der Waals surface area (Å²) in [6.07, 6.45) is 36.2. The Hall–Kier alpha value is -0.640. The molecule has 0 aliphatic carbocycles. The lowest BCUT2D eigenvalue weighted by molar-refractivity contribution is -0.0481. The zero-order valence-corrected chi connectivity index (χ0v) is 23.8. The maximum Gasteiger partial charge on any atom is 0.0973 e. The second kappa shape index (κ2) is 26.4. The number of hydrogen-bond donors (Lipinski definition) is 1. The fourth-order valence-electron chi connectivity index (χ4n) is 4.69. The summed E-state index contributed by atoms with van der Waals surface area (Å²) in [5.41, 5.74) is 0. The largest absolute Gasteiger partial charge is 0.374 e. The highest BCUT2D eigenvalue weighted by molar-refractivity contribution is 4.83. The fraction of sp³-hybridized carbons (Fsp3) is 0.875. The van der Waals surface area contributed by atoms with E-state index in [0.717, 1.165) is 26.3 Å². The highest BCUT2D eigenvalue weighted by Gasteiger charge is 2.28. The summed E-state index contributed by atoms with van der Waals surface area (Å²) in [4.78, 5) is 0. The monoisotopic (exact) mass is 491 g/mol. The Morgan fingerprint density at radius 3 is 1.23 bits per heavy atom. The molecule has 0 radical (unpaired) electrons. The third-order valence-electron chi connectivity index (χ3n) is 7.08. The van der Waals surface area contributed by atoms with Crippen molar-refractivity contribution >= 4 is 0 Å². The number of allylic oxidation sites excluding steroid dienone is 4. The van der Waals surface area contributed by atoms with Gasteiger partial charge in [0.25, 0.3) is 0 Å². The molecule has 0 spiro atoms. The Morgan fingerprint density at radius 2 is 0.829 bits per heavy atom. The minimum Gasteiger partial charge on any atom is -0.374 e. The average molecular weight is 492 g/mol. The molecule has 206 valence electrons. The Balaban J connectivity index is 1.86. The van der Waals surface area contributed by atoms with Crippen LogP contribution < -0.4 is 5.32 Å². The third kappa shape index (κ3) is 21.2. The molecule has 1 rings (SSSR count). The minimum atomic E-state index is 0.250. The number of rotatable bonds is 26. The van der Waals surface area contributed by atoms with Gasteiger partial charge in [-0.25, -0.2) is 0 Å². The highest BCUT2D eigenvalue weighted by atomic mass is 16.5. The van der Waals surface area contributed by atoms with Gasteiger partial charge in [0.05, 0.1) is 12.2 Å². The maximum atomic E-state index is 6.17. The summed E-state index contributed by atoms with van der Waals surface area (Å²) in [5, 5.41) is 3.45. The van der Waals surface area contributed by atoms with Crippen LogP contribution in [0.4, 0.5) is 0 Å². The molecule has 1 saturated heterocycles. The molecule has 3 heteroatoms. The Bertz CT molecular complexity index is 434. The molecule has 1 heterocycles. The number of nitrogens with one attached hydrogen (secondary N) is 1. The first-order chi connectivity index (χ1) is 17.4. The van der Waals surface area contributed by atoms with Crippen LogP contribution in [0.15, 0.2) is 24.3 Å². The predicted molar refractivity (Wildman–Crippen MR) is 154 cm³/mol. The first-order valence-electron chi connectivity index (χ1n) is 15.6. The highest BCUT2D eigenvalue weighted by Crippen LogP contribution is 2.14. The van der Waals surface area contributed by atoms with Gasteiger partial charge in [0.2, 0.25) is 0 Å². The van der Waals surface area contributed by atoms with Crippen LogP contribution in [0.25, 0.3) is 0 Å². The SMILES string of the molecule is CCCC/C=C\CCCCCCCCO[C@@H]1CNC[C@H]1OCCCCCCCC/C=C\CCCC. The van der Waals surface area contributed by atoms with Gasteiger partial charge in [-0.3, -0.25) is 0 Å². The molecule has 0 saturated carbocycles. The van der Waals surface area contributed by atoms with Crippen molar-refractivity contribution in [3.05, 3.63) is 24.3 Å². The van der Waals surface area contributed by atoms with Crippen molar-refractivity contribution in [2.75, 3.05) is 26.3 Å². The summed E-state index contributed by atoms with van der Waals surface area (Å²) in [7, 11) is 0. The van der Waals surface area contributed by atoms with Gasteiger partial charge < -0.3 is 14.8 Å². The van der Waals surface area contributed by atoms with E-state index < -0.39 is 0 Å². The average Bonchev–Trinajstić information content (AvgIpc) is 3.32. The van der Waals surface area contributed by atoms with E-state index in [4.69, 9.17) is 9.47 Å². The molecule has 0 aromatic carbocycles. The number of hydrogen-bond acceptors (Lipinski definition) is 3. The van der Waals surface area contributed by atoms with Crippen LogP contribution in [0.1, 0.15) is 142 Å². The Kier molecular flexibility index (Phi) is 24.5. The zero-order chi connectivity index (χ0) is 25.1. The Morgan fingerprint density at radius 1 is 0.486 bits per heavy atom. The molecule has 1 aliphatic rings. The quantitative estimate of drug-likeness (QED) is 0.0965. The summed E-state index contributed by atoms with van der Waals surface area (Å²) in [5.74, 6) is 0. The molecule has 0 amide bonds. The lowest BCUT2D eigenvalue weighted by Crippen LogP contribution is -2.30. The van der Waals surface area contributed by atoms with Crippen molar-refractivity contribution in [3.63, 3.8) is 0 Å². The molecule has 0 unspecified atom stereocenters. The van der Waals surface area contributed by atoms with Gasteiger partial charge in [-0.15, -0.1) is 0 Å². The molecule has 1 aliphatic heterocycles. The smallest absolute Gasteiger partial charge is 0.0973 e. The van der Waals surface area contributed by atoms with Gasteiger partial charge in [-0.05, 0) is 51.4 Å². The van der Waals surface area contributed by atoms with Crippen molar-refractivity contribution < 1.29 is 9.47 Å². The van der Waals surface area contributed by atoms with Gasteiger partial charge in [0.15, 0.2) is 0 Å². The molecule has 35 heavy (non-hydrogen) atoms. The zero-order valence-electron chi connectivity index (χ0n) is 23.8. The topological polar surface area (TPSA) is 30.5 Å². The van der Waals surface area contributed by atoms with E-state index in [1.54, 1.807) is 0 Å². The van der Waals surface area contributed by atoms with Gasteiger partial charge >= 0.3 is 0 Å². The number of unbranched alkanes of at least 4 members (excludes halogenated alkanes) is 16. The molecular formula is C32H61NO2. The van der Waals surface area contributed by atoms with Crippen LogP contribution in [0.3, 0.4) is 0 Å². The molecule has 0 bridgehead atoms. The second-order valence-electron chi connectivity index (χ2n) is 10.5. The Labute approximate surface area is 219 Å². The lowest BCUT2D eigenvalue weighted by Gasteiger charge is -2.20. The van der Waals surface area contributed by atoms with Crippen molar-refractivity contribution in [2.45, 2.75) is 154 Å². The molecular weight excluding hydrogens is 430 g/mol. The van der Waals surface area contributed by atoms with Gasteiger partial charge in [0.1, 0.15) is 0 Å². The third-order valence-corrected chi connectivity index (χ3v) is 7.08. The predicted octanol–water partition coefficient (Wildman–Crippen LogP) is 9.31. The van der Waals surface area contributed by atoms with Crippen LogP contribution in [0, 0.1) is 0 Å². The van der Waals surface area contributed by atoms with E-state index in [2.05, 4.69) is 43.5 Å².